The monoisotopic (exact) mass is 512 g/mol. The van der Waals surface area contributed by atoms with Gasteiger partial charge < -0.3 is 14.2 Å². The second kappa shape index (κ2) is 8.99. The number of morpholine rings is 1. The molecule has 4 aliphatic rings. The highest BCUT2D eigenvalue weighted by Crippen LogP contribution is 2.52. The highest BCUT2D eigenvalue weighted by atomic mass is 16.5. The van der Waals surface area contributed by atoms with Gasteiger partial charge in [0.25, 0.3) is 5.91 Å². The minimum atomic E-state index is -0.153. The number of hydrogen-bond acceptors (Lipinski definition) is 6. The van der Waals surface area contributed by atoms with Crippen LogP contribution in [0.15, 0.2) is 36.7 Å². The number of carbonyl (C=O) groups excluding carboxylic acids is 1. The summed E-state index contributed by atoms with van der Waals surface area (Å²) in [6, 6.07) is 10.6. The number of aryl methyl sites for hydroxylation is 1. The molecule has 1 saturated heterocycles. The van der Waals surface area contributed by atoms with Crippen molar-refractivity contribution in [3.63, 3.8) is 0 Å². The molecular formula is C30H36N6O2. The fourth-order valence-electron chi connectivity index (χ4n) is 6.99. The summed E-state index contributed by atoms with van der Waals surface area (Å²) in [6.07, 6.45) is 6.42. The van der Waals surface area contributed by atoms with Crippen LogP contribution in [0.1, 0.15) is 84.1 Å². The Bertz CT molecular complexity index is 1390. The lowest BCUT2D eigenvalue weighted by Crippen LogP contribution is -2.43. The molecule has 2 saturated carbocycles. The smallest absolute Gasteiger partial charge is 0.259 e. The van der Waals surface area contributed by atoms with E-state index in [1.54, 1.807) is 6.33 Å². The van der Waals surface area contributed by atoms with Crippen LogP contribution in [-0.4, -0.2) is 56.4 Å². The topological polar surface area (TPSA) is 76.4 Å². The normalized spacial score (nSPS) is 27.4. The van der Waals surface area contributed by atoms with E-state index >= 15 is 0 Å². The van der Waals surface area contributed by atoms with Crippen molar-refractivity contribution in [2.45, 2.75) is 70.1 Å². The molecule has 4 heterocycles. The zero-order valence-corrected chi connectivity index (χ0v) is 22.6. The molecule has 8 heteroatoms. The standard InChI is InChI=1S/C30H36N6O2/c1-19-13-30(14-19,29-33-31-18-34(29)3)22-5-4-6-24(11-22)36-17-26-25(28(36)37)12-23(32-27(26)21-7-8-21)16-35-9-10-38-20(2)15-35/h4-6,11-12,18-21H,7-10,13-17H2,1-3H3/t19?,20-,30?/m1/s1. The molecule has 198 valence electrons. The number of hydrogen-bond donors (Lipinski definition) is 0. The molecule has 8 nitrogen and oxygen atoms in total. The van der Waals surface area contributed by atoms with Crippen LogP contribution in [0.25, 0.3) is 0 Å². The number of amides is 1. The number of benzene rings is 1. The van der Waals surface area contributed by atoms with Crippen LogP contribution >= 0.6 is 0 Å². The first-order chi connectivity index (χ1) is 18.4. The van der Waals surface area contributed by atoms with Crippen LogP contribution in [0.3, 0.4) is 0 Å². The second-order valence-electron chi connectivity index (χ2n) is 12.0. The number of aromatic nitrogens is 4. The summed E-state index contributed by atoms with van der Waals surface area (Å²) in [5.41, 5.74) is 6.14. The third-order valence-electron chi connectivity index (χ3n) is 8.92. The van der Waals surface area contributed by atoms with Crippen molar-refractivity contribution < 1.29 is 9.53 Å². The molecule has 1 amide bonds. The van der Waals surface area contributed by atoms with Crippen molar-refractivity contribution in [3.8, 4) is 0 Å². The Morgan fingerprint density at radius 1 is 1.16 bits per heavy atom. The molecule has 2 aliphatic carbocycles. The van der Waals surface area contributed by atoms with Gasteiger partial charge >= 0.3 is 0 Å². The molecule has 0 bridgehead atoms. The third-order valence-corrected chi connectivity index (χ3v) is 8.92. The molecule has 2 aromatic heterocycles. The van der Waals surface area contributed by atoms with Crippen molar-refractivity contribution in [1.82, 2.24) is 24.6 Å². The van der Waals surface area contributed by atoms with Gasteiger partial charge in [-0.2, -0.15) is 0 Å². The van der Waals surface area contributed by atoms with E-state index in [9.17, 15) is 4.79 Å². The highest BCUT2D eigenvalue weighted by molar-refractivity contribution is 6.10. The molecule has 0 N–H and O–H groups in total. The van der Waals surface area contributed by atoms with E-state index in [1.807, 2.05) is 16.5 Å². The molecule has 2 aliphatic heterocycles. The Labute approximate surface area is 224 Å². The number of carbonyl (C=O) groups is 1. The van der Waals surface area contributed by atoms with Crippen molar-refractivity contribution in [2.24, 2.45) is 13.0 Å². The van der Waals surface area contributed by atoms with E-state index in [4.69, 9.17) is 9.72 Å². The van der Waals surface area contributed by atoms with Gasteiger partial charge in [0.1, 0.15) is 12.2 Å². The first-order valence-corrected chi connectivity index (χ1v) is 14.0. The SMILES string of the molecule is CC1CC(c2cccc(N3Cc4c(cc(CN5CCO[C@H](C)C5)nc4C4CC4)C3=O)c2)(c2nncn2C)C1. The maximum absolute atomic E-state index is 13.9. The average molecular weight is 513 g/mol. The summed E-state index contributed by atoms with van der Waals surface area (Å²) in [5, 5.41) is 8.68. The van der Waals surface area contributed by atoms with Gasteiger partial charge in [0.2, 0.25) is 0 Å². The number of nitrogens with zero attached hydrogens (tertiary/aromatic N) is 6. The van der Waals surface area contributed by atoms with E-state index in [0.717, 1.165) is 73.1 Å². The first kappa shape index (κ1) is 24.0. The fourth-order valence-corrected chi connectivity index (χ4v) is 6.99. The summed E-state index contributed by atoms with van der Waals surface area (Å²) >= 11 is 0. The molecule has 3 aromatic rings. The Hall–Kier alpha value is -3.10. The first-order valence-electron chi connectivity index (χ1n) is 14.0. The van der Waals surface area contributed by atoms with Gasteiger partial charge in [-0.3, -0.25) is 14.7 Å². The molecule has 0 radical (unpaired) electrons. The van der Waals surface area contributed by atoms with Gasteiger partial charge in [0, 0.05) is 55.1 Å². The third kappa shape index (κ3) is 3.96. The lowest BCUT2D eigenvalue weighted by molar-refractivity contribution is -0.0216. The summed E-state index contributed by atoms with van der Waals surface area (Å²) in [5.74, 6) is 2.22. The van der Waals surface area contributed by atoms with Crippen LogP contribution in [-0.2, 0) is 30.3 Å². The zero-order chi connectivity index (χ0) is 26.0. The number of fused-ring (bicyclic) bond motifs is 1. The molecule has 7 rings (SSSR count). The lowest BCUT2D eigenvalue weighted by Gasteiger charge is -2.46. The van der Waals surface area contributed by atoms with Gasteiger partial charge in [0.15, 0.2) is 0 Å². The van der Waals surface area contributed by atoms with Gasteiger partial charge in [-0.1, -0.05) is 19.1 Å². The Balaban J connectivity index is 1.21. The molecular weight excluding hydrogens is 476 g/mol. The van der Waals surface area contributed by atoms with Crippen LogP contribution in [0, 0.1) is 5.92 Å². The average Bonchev–Trinajstić information content (AvgIpc) is 3.57. The van der Waals surface area contributed by atoms with E-state index in [2.05, 4.69) is 59.3 Å². The minimum absolute atomic E-state index is 0.0905. The summed E-state index contributed by atoms with van der Waals surface area (Å²) in [6.45, 7) is 8.32. The Kier molecular flexibility index (Phi) is 5.67. The quantitative estimate of drug-likeness (QED) is 0.493. The fraction of sp³-hybridized carbons (Fsp3) is 0.533. The van der Waals surface area contributed by atoms with Crippen molar-refractivity contribution in [1.29, 1.82) is 0 Å². The molecule has 0 unspecified atom stereocenters. The summed E-state index contributed by atoms with van der Waals surface area (Å²) in [4.78, 5) is 23.4. The Morgan fingerprint density at radius 3 is 2.71 bits per heavy atom. The maximum Gasteiger partial charge on any atom is 0.259 e. The van der Waals surface area contributed by atoms with E-state index in [1.165, 1.54) is 18.4 Å². The predicted molar refractivity (Wildman–Crippen MR) is 144 cm³/mol. The number of pyridine rings is 1. The molecule has 1 aromatic carbocycles. The van der Waals surface area contributed by atoms with Crippen LogP contribution in [0.2, 0.25) is 0 Å². The molecule has 1 atom stereocenters. The van der Waals surface area contributed by atoms with E-state index in [0.29, 0.717) is 18.4 Å². The summed E-state index contributed by atoms with van der Waals surface area (Å²) in [7, 11) is 2.02. The number of ether oxygens (including phenoxy) is 1. The summed E-state index contributed by atoms with van der Waals surface area (Å²) < 4.78 is 7.76. The van der Waals surface area contributed by atoms with Crippen molar-refractivity contribution in [2.75, 3.05) is 24.6 Å². The van der Waals surface area contributed by atoms with Crippen molar-refractivity contribution >= 4 is 11.6 Å². The Morgan fingerprint density at radius 2 is 2.00 bits per heavy atom. The van der Waals surface area contributed by atoms with E-state index < -0.39 is 0 Å². The van der Waals surface area contributed by atoms with Crippen molar-refractivity contribution in [3.05, 3.63) is 70.6 Å². The van der Waals surface area contributed by atoms with Gasteiger partial charge in [-0.05, 0) is 62.3 Å². The van der Waals surface area contributed by atoms with Crippen LogP contribution in [0.4, 0.5) is 5.69 Å². The largest absolute Gasteiger partial charge is 0.376 e. The molecule has 0 spiro atoms. The van der Waals surface area contributed by atoms with Gasteiger partial charge in [-0.25, -0.2) is 0 Å². The molecule has 38 heavy (non-hydrogen) atoms. The number of rotatable bonds is 6. The number of anilines is 1. The second-order valence-corrected chi connectivity index (χ2v) is 12.0. The zero-order valence-electron chi connectivity index (χ0n) is 22.6. The minimum Gasteiger partial charge on any atom is -0.376 e. The van der Waals surface area contributed by atoms with Crippen LogP contribution < -0.4 is 4.90 Å². The highest BCUT2D eigenvalue weighted by Gasteiger charge is 2.48. The molecule has 3 fully saturated rings. The van der Waals surface area contributed by atoms with Gasteiger partial charge in [-0.15, -0.1) is 10.2 Å². The van der Waals surface area contributed by atoms with Crippen LogP contribution in [0.5, 0.6) is 0 Å². The lowest BCUT2D eigenvalue weighted by atomic mass is 9.58. The van der Waals surface area contributed by atoms with E-state index in [-0.39, 0.29) is 17.4 Å². The predicted octanol–water partition coefficient (Wildman–Crippen LogP) is 4.18. The van der Waals surface area contributed by atoms with Gasteiger partial charge in [0.05, 0.1) is 30.4 Å². The maximum atomic E-state index is 13.9.